The Labute approximate surface area is 152 Å². The molecule has 1 aromatic rings. The second-order valence-corrected chi connectivity index (χ2v) is 7.21. The van der Waals surface area contributed by atoms with Crippen molar-refractivity contribution in [3.05, 3.63) is 22.3 Å². The first-order valence-corrected chi connectivity index (χ1v) is 8.99. The lowest BCUT2D eigenvalue weighted by atomic mass is 10.1. The fourth-order valence-corrected chi connectivity index (χ4v) is 3.75. The Morgan fingerprint density at radius 3 is 2.68 bits per heavy atom. The number of nitrogens with zero attached hydrogens (tertiary/aromatic N) is 2. The predicted molar refractivity (Wildman–Crippen MR) is 89.2 cm³/mol. The molecule has 1 aromatic heterocycles. The third kappa shape index (κ3) is 4.44. The summed E-state index contributed by atoms with van der Waals surface area (Å²) in [6, 6.07) is 1.17. The molecule has 0 bridgehead atoms. The molecule has 2 saturated heterocycles. The summed E-state index contributed by atoms with van der Waals surface area (Å²) in [5.41, 5.74) is -0.795. The number of anilines is 1. The number of nitrogens with one attached hydrogen (secondary N) is 1. The van der Waals surface area contributed by atoms with E-state index >= 15 is 0 Å². The molecule has 1 unspecified atom stereocenters. The molecule has 3 heterocycles. The molecule has 2 aliphatic heterocycles. The van der Waals surface area contributed by atoms with E-state index in [4.69, 9.17) is 4.74 Å². The van der Waals surface area contributed by atoms with E-state index in [-0.39, 0.29) is 22.3 Å². The average Bonchev–Trinajstić information content (AvgIpc) is 3.04. The van der Waals surface area contributed by atoms with Crippen molar-refractivity contribution in [3.63, 3.8) is 0 Å². The third-order valence-corrected chi connectivity index (χ3v) is 5.16. The summed E-state index contributed by atoms with van der Waals surface area (Å²) >= 11 is 3.17. The Morgan fingerprint density at radius 1 is 1.32 bits per heavy atom. The monoisotopic (exact) mass is 421 g/mol. The zero-order chi connectivity index (χ0) is 18.0. The zero-order valence-electron chi connectivity index (χ0n) is 13.5. The van der Waals surface area contributed by atoms with Crippen LogP contribution in [0.25, 0.3) is 0 Å². The highest BCUT2D eigenvalue weighted by atomic mass is 79.9. The number of aromatic nitrogens is 1. The number of ether oxygens (including phenoxy) is 1. The molecule has 9 heteroatoms. The van der Waals surface area contributed by atoms with E-state index in [2.05, 4.69) is 26.2 Å². The van der Waals surface area contributed by atoms with Crippen molar-refractivity contribution in [1.82, 2.24) is 10.3 Å². The molecular weight excluding hydrogens is 403 g/mol. The second-order valence-electron chi connectivity index (χ2n) is 6.35. The van der Waals surface area contributed by atoms with E-state index in [9.17, 15) is 18.0 Å². The van der Waals surface area contributed by atoms with Gasteiger partial charge in [-0.15, -0.1) is 0 Å². The molecule has 0 spiro atoms. The van der Waals surface area contributed by atoms with Gasteiger partial charge in [0, 0.05) is 38.5 Å². The van der Waals surface area contributed by atoms with Crippen LogP contribution in [0, 0.1) is 5.92 Å². The van der Waals surface area contributed by atoms with Crippen LogP contribution in [0.4, 0.5) is 19.0 Å². The van der Waals surface area contributed by atoms with Gasteiger partial charge >= 0.3 is 6.18 Å². The van der Waals surface area contributed by atoms with Gasteiger partial charge in [0.05, 0.1) is 16.0 Å². The van der Waals surface area contributed by atoms with Gasteiger partial charge in [0.15, 0.2) is 0 Å². The summed E-state index contributed by atoms with van der Waals surface area (Å²) in [4.78, 5) is 18.2. The Balaban J connectivity index is 1.61. The molecule has 3 rings (SSSR count). The van der Waals surface area contributed by atoms with Crippen LogP contribution in [-0.4, -0.2) is 43.2 Å². The summed E-state index contributed by atoms with van der Waals surface area (Å²) < 4.78 is 43.8. The van der Waals surface area contributed by atoms with Crippen LogP contribution >= 0.6 is 15.9 Å². The number of carbonyl (C=O) groups is 1. The number of rotatable bonds is 3. The normalized spacial score (nSPS) is 22.2. The molecule has 0 aliphatic carbocycles. The molecule has 0 saturated carbocycles. The van der Waals surface area contributed by atoms with Gasteiger partial charge in [0.1, 0.15) is 5.82 Å². The molecule has 0 aromatic carbocycles. The molecule has 1 atom stereocenters. The predicted octanol–water partition coefficient (Wildman–Crippen LogP) is 2.98. The lowest BCUT2D eigenvalue weighted by Crippen LogP contribution is -2.42. The molecule has 1 amide bonds. The van der Waals surface area contributed by atoms with Gasteiger partial charge in [-0.1, -0.05) is 0 Å². The maximum absolute atomic E-state index is 12.7. The summed E-state index contributed by atoms with van der Waals surface area (Å²) in [6.45, 7) is 2.35. The van der Waals surface area contributed by atoms with Gasteiger partial charge in [-0.3, -0.25) is 4.79 Å². The summed E-state index contributed by atoms with van der Waals surface area (Å²) in [5.74, 6) is 0.255. The smallest absolute Gasteiger partial charge is 0.381 e. The number of halogens is 4. The maximum Gasteiger partial charge on any atom is 0.417 e. The van der Waals surface area contributed by atoms with Gasteiger partial charge in [-0.25, -0.2) is 4.98 Å². The first kappa shape index (κ1) is 18.4. The topological polar surface area (TPSA) is 54.5 Å². The van der Waals surface area contributed by atoms with Crippen LogP contribution in [0.15, 0.2) is 16.7 Å². The minimum Gasteiger partial charge on any atom is -0.381 e. The molecule has 138 valence electrons. The van der Waals surface area contributed by atoms with Crippen LogP contribution in [0.5, 0.6) is 0 Å². The highest BCUT2D eigenvalue weighted by Gasteiger charge is 2.34. The minimum atomic E-state index is -4.43. The van der Waals surface area contributed by atoms with E-state index in [1.807, 2.05) is 4.90 Å². The van der Waals surface area contributed by atoms with Crippen molar-refractivity contribution in [2.24, 2.45) is 5.92 Å². The first-order chi connectivity index (χ1) is 11.8. The van der Waals surface area contributed by atoms with Crippen LogP contribution in [0.2, 0.25) is 0 Å². The van der Waals surface area contributed by atoms with Gasteiger partial charge in [-0.2, -0.15) is 13.2 Å². The van der Waals surface area contributed by atoms with Crippen molar-refractivity contribution in [2.45, 2.75) is 31.5 Å². The van der Waals surface area contributed by atoms with Crippen LogP contribution in [0.1, 0.15) is 24.8 Å². The van der Waals surface area contributed by atoms with Crippen molar-refractivity contribution in [1.29, 1.82) is 0 Å². The third-order valence-electron chi connectivity index (χ3n) is 4.58. The van der Waals surface area contributed by atoms with Crippen molar-refractivity contribution in [2.75, 3.05) is 31.2 Å². The fraction of sp³-hybridized carbons (Fsp3) is 0.625. The average molecular weight is 422 g/mol. The van der Waals surface area contributed by atoms with Crippen molar-refractivity contribution in [3.8, 4) is 0 Å². The molecule has 5 nitrogen and oxygen atoms in total. The summed E-state index contributed by atoms with van der Waals surface area (Å²) in [5, 5.41) is 3.05. The lowest BCUT2D eigenvalue weighted by Gasteiger charge is -2.25. The number of carbonyl (C=O) groups excluding carboxylic acids is 1. The Hall–Kier alpha value is -1.35. The van der Waals surface area contributed by atoms with Crippen molar-refractivity contribution < 1.29 is 22.7 Å². The van der Waals surface area contributed by atoms with E-state index in [0.717, 1.165) is 25.1 Å². The number of amides is 1. The Morgan fingerprint density at radius 2 is 2.04 bits per heavy atom. The maximum atomic E-state index is 12.7. The van der Waals surface area contributed by atoms with Crippen molar-refractivity contribution >= 4 is 27.7 Å². The number of alkyl halides is 3. The fourth-order valence-electron chi connectivity index (χ4n) is 3.15. The largest absolute Gasteiger partial charge is 0.417 e. The van der Waals surface area contributed by atoms with Crippen LogP contribution < -0.4 is 10.2 Å². The standard InChI is InChI=1S/C16H19BrF3N3O2/c17-13-7-11(16(18,19)20)8-21-14(13)23-4-1-10(9-23)15(24)22-12-2-5-25-6-3-12/h7-8,10,12H,1-6,9H2,(H,22,24). The molecule has 1 N–H and O–H groups in total. The number of hydrogen-bond acceptors (Lipinski definition) is 4. The molecular formula is C16H19BrF3N3O2. The molecule has 2 aliphatic rings. The number of hydrogen-bond donors (Lipinski definition) is 1. The van der Waals surface area contributed by atoms with Crippen LogP contribution in [0.3, 0.4) is 0 Å². The van der Waals surface area contributed by atoms with E-state index < -0.39 is 11.7 Å². The van der Waals surface area contributed by atoms with E-state index in [1.165, 1.54) is 0 Å². The first-order valence-electron chi connectivity index (χ1n) is 8.20. The van der Waals surface area contributed by atoms with E-state index in [1.54, 1.807) is 0 Å². The molecule has 25 heavy (non-hydrogen) atoms. The second kappa shape index (κ2) is 7.49. The van der Waals surface area contributed by atoms with E-state index in [0.29, 0.717) is 38.5 Å². The van der Waals surface area contributed by atoms with Crippen LogP contribution in [-0.2, 0) is 15.7 Å². The zero-order valence-corrected chi connectivity index (χ0v) is 15.1. The quantitative estimate of drug-likeness (QED) is 0.814. The highest BCUT2D eigenvalue weighted by molar-refractivity contribution is 9.10. The number of pyridine rings is 1. The van der Waals surface area contributed by atoms with Gasteiger partial charge in [0.25, 0.3) is 0 Å². The Bertz CT molecular complexity index is 636. The summed E-state index contributed by atoms with van der Waals surface area (Å²) in [7, 11) is 0. The molecule has 2 fully saturated rings. The highest BCUT2D eigenvalue weighted by Crippen LogP contribution is 2.35. The van der Waals surface area contributed by atoms with Gasteiger partial charge in [0.2, 0.25) is 5.91 Å². The lowest BCUT2D eigenvalue weighted by molar-refractivity contribution is -0.137. The Kier molecular flexibility index (Phi) is 5.52. The van der Waals surface area contributed by atoms with Gasteiger partial charge in [-0.05, 0) is 41.3 Å². The van der Waals surface area contributed by atoms with Gasteiger partial charge < -0.3 is 15.0 Å². The molecule has 0 radical (unpaired) electrons. The summed E-state index contributed by atoms with van der Waals surface area (Å²) in [6.07, 6.45) is -1.31. The SMILES string of the molecule is O=C(NC1CCOCC1)C1CCN(c2ncc(C(F)(F)F)cc2Br)C1. The minimum absolute atomic E-state index is 0.00238.